The molecule has 0 spiro atoms. The molecule has 0 atom stereocenters. The average Bonchev–Trinajstić information content (AvgIpc) is 2.45. The van der Waals surface area contributed by atoms with Crippen LogP contribution in [0.2, 0.25) is 0 Å². The maximum atomic E-state index is 11.1. The number of carbonyl (C=O) groups excluding carboxylic acids is 1. The first kappa shape index (κ1) is 10.3. The summed E-state index contributed by atoms with van der Waals surface area (Å²) in [7, 11) is 0. The fourth-order valence-corrected chi connectivity index (χ4v) is 0.883. The number of ether oxygens (including phenoxy) is 1. The lowest BCUT2D eigenvalue weighted by Crippen LogP contribution is -2.14. The van der Waals surface area contributed by atoms with E-state index < -0.39 is 5.97 Å². The molecule has 0 saturated heterocycles. The number of hydrogen-bond acceptors (Lipinski definition) is 3. The Morgan fingerprint density at radius 2 is 2.36 bits per heavy atom. The van der Waals surface area contributed by atoms with Gasteiger partial charge in [0.1, 0.15) is 0 Å². The van der Waals surface area contributed by atoms with Gasteiger partial charge in [0.15, 0.2) is 0 Å². The molecule has 0 amide bonds. The van der Waals surface area contributed by atoms with Crippen LogP contribution in [0.5, 0.6) is 5.88 Å². The molecular formula is C9H12N2O3. The fourth-order valence-electron chi connectivity index (χ4n) is 0.883. The maximum Gasteiger partial charge on any atom is 0.339 e. The highest BCUT2D eigenvalue weighted by Gasteiger charge is 2.08. The Morgan fingerprint density at radius 3 is 2.79 bits per heavy atom. The summed E-state index contributed by atoms with van der Waals surface area (Å²) < 4.78 is 6.23. The van der Waals surface area contributed by atoms with Crippen LogP contribution in [-0.2, 0) is 11.3 Å². The van der Waals surface area contributed by atoms with Crippen LogP contribution >= 0.6 is 0 Å². The van der Waals surface area contributed by atoms with Crippen LogP contribution in [0.1, 0.15) is 13.8 Å². The minimum atomic E-state index is -0.547. The zero-order chi connectivity index (χ0) is 10.7. The van der Waals surface area contributed by atoms with E-state index in [2.05, 4.69) is 11.6 Å². The van der Waals surface area contributed by atoms with Gasteiger partial charge in [-0.2, -0.15) is 0 Å². The molecule has 0 aliphatic heterocycles. The first-order valence-corrected chi connectivity index (χ1v) is 4.21. The number of aromatic amines is 1. The Bertz CT molecular complexity index is 414. The van der Waals surface area contributed by atoms with E-state index >= 15 is 0 Å². The van der Waals surface area contributed by atoms with Crippen molar-refractivity contribution < 1.29 is 9.53 Å². The van der Waals surface area contributed by atoms with Gasteiger partial charge in [0.25, 0.3) is 0 Å². The Labute approximate surface area is 81.0 Å². The molecule has 1 heterocycles. The summed E-state index contributed by atoms with van der Waals surface area (Å²) >= 11 is 0. The Hall–Kier alpha value is -1.78. The second kappa shape index (κ2) is 3.95. The zero-order valence-electron chi connectivity index (χ0n) is 8.16. The van der Waals surface area contributed by atoms with E-state index in [1.807, 2.05) is 6.92 Å². The number of hydrogen-bond donors (Lipinski definition) is 1. The van der Waals surface area contributed by atoms with Crippen molar-refractivity contribution >= 4 is 5.97 Å². The topological polar surface area (TPSA) is 64.1 Å². The van der Waals surface area contributed by atoms with Gasteiger partial charge in [-0.05, 0) is 13.8 Å². The van der Waals surface area contributed by atoms with Crippen molar-refractivity contribution in [3.8, 4) is 5.88 Å². The van der Waals surface area contributed by atoms with Gasteiger partial charge in [-0.25, -0.2) is 9.59 Å². The molecule has 5 nitrogen and oxygen atoms in total. The van der Waals surface area contributed by atoms with Crippen molar-refractivity contribution in [3.63, 3.8) is 0 Å². The molecule has 14 heavy (non-hydrogen) atoms. The third-order valence-corrected chi connectivity index (χ3v) is 1.66. The minimum absolute atomic E-state index is 0.143. The SMILES string of the molecule is C=C(C)C(=O)Oc1cn(CC)c(=O)[nH]1. The maximum absolute atomic E-state index is 11.1. The number of H-pyrrole nitrogens is 1. The van der Waals surface area contributed by atoms with E-state index in [1.54, 1.807) is 0 Å². The summed E-state index contributed by atoms with van der Waals surface area (Å²) in [5, 5.41) is 0. The van der Waals surface area contributed by atoms with Crippen molar-refractivity contribution in [2.75, 3.05) is 0 Å². The molecule has 0 aromatic carbocycles. The summed E-state index contributed by atoms with van der Waals surface area (Å²) in [6.45, 7) is 7.31. The largest absolute Gasteiger partial charge is 0.404 e. The predicted octanol–water partition coefficient (Wildman–Crippen LogP) is 0.678. The monoisotopic (exact) mass is 196 g/mol. The molecule has 0 saturated carbocycles. The molecular weight excluding hydrogens is 184 g/mol. The third-order valence-electron chi connectivity index (χ3n) is 1.66. The van der Waals surface area contributed by atoms with Crippen molar-refractivity contribution in [3.05, 3.63) is 28.8 Å². The van der Waals surface area contributed by atoms with Gasteiger partial charge in [-0.1, -0.05) is 6.58 Å². The second-order valence-electron chi connectivity index (χ2n) is 2.88. The number of esters is 1. The molecule has 0 radical (unpaired) electrons. The Morgan fingerprint density at radius 1 is 1.71 bits per heavy atom. The predicted molar refractivity (Wildman–Crippen MR) is 51.2 cm³/mol. The van der Waals surface area contributed by atoms with E-state index in [4.69, 9.17) is 4.74 Å². The highest BCUT2D eigenvalue weighted by atomic mass is 16.5. The van der Waals surface area contributed by atoms with E-state index in [-0.39, 0.29) is 17.1 Å². The number of rotatable bonds is 3. The van der Waals surface area contributed by atoms with Gasteiger partial charge in [-0.15, -0.1) is 0 Å². The lowest BCUT2D eigenvalue weighted by molar-refractivity contribution is -0.130. The Balaban J connectivity index is 2.83. The number of imidazole rings is 1. The summed E-state index contributed by atoms with van der Waals surface area (Å²) in [5.74, 6) is -0.403. The van der Waals surface area contributed by atoms with E-state index in [9.17, 15) is 9.59 Å². The number of carbonyl (C=O) groups is 1. The van der Waals surface area contributed by atoms with Crippen LogP contribution < -0.4 is 10.4 Å². The summed E-state index contributed by atoms with van der Waals surface area (Å²) in [5.41, 5.74) is -0.00730. The molecule has 5 heteroatoms. The van der Waals surface area contributed by atoms with Crippen LogP contribution in [0.3, 0.4) is 0 Å². The summed E-state index contributed by atoms with van der Waals surface area (Å²) in [6.07, 6.45) is 1.45. The first-order chi connectivity index (χ1) is 6.54. The lowest BCUT2D eigenvalue weighted by Gasteiger charge is -1.98. The summed E-state index contributed by atoms with van der Waals surface area (Å²) in [4.78, 5) is 24.6. The molecule has 0 fully saturated rings. The molecule has 1 rings (SSSR count). The van der Waals surface area contributed by atoms with Gasteiger partial charge < -0.3 is 4.74 Å². The highest BCUT2D eigenvalue weighted by Crippen LogP contribution is 2.04. The van der Waals surface area contributed by atoms with Crippen molar-refractivity contribution in [1.82, 2.24) is 9.55 Å². The first-order valence-electron chi connectivity index (χ1n) is 4.21. The van der Waals surface area contributed by atoms with Gasteiger partial charge in [-0.3, -0.25) is 9.55 Å². The lowest BCUT2D eigenvalue weighted by atomic mass is 10.4. The number of nitrogens with one attached hydrogen (secondary N) is 1. The summed E-state index contributed by atoms with van der Waals surface area (Å²) in [6, 6.07) is 0. The molecule has 0 unspecified atom stereocenters. The number of aromatic nitrogens is 2. The van der Waals surface area contributed by atoms with Crippen LogP contribution in [0.4, 0.5) is 0 Å². The van der Waals surface area contributed by atoms with Gasteiger partial charge in [0.05, 0.1) is 6.20 Å². The quantitative estimate of drug-likeness (QED) is 0.571. The van der Waals surface area contributed by atoms with Gasteiger partial charge in [0.2, 0.25) is 5.88 Å². The third kappa shape index (κ3) is 2.12. The van der Waals surface area contributed by atoms with Crippen LogP contribution in [0.15, 0.2) is 23.1 Å². The molecule has 0 aliphatic carbocycles. The zero-order valence-corrected chi connectivity index (χ0v) is 8.16. The van der Waals surface area contributed by atoms with E-state index in [0.717, 1.165) is 0 Å². The molecule has 0 aliphatic rings. The van der Waals surface area contributed by atoms with Crippen molar-refractivity contribution in [2.45, 2.75) is 20.4 Å². The minimum Gasteiger partial charge on any atom is -0.404 e. The fraction of sp³-hybridized carbons (Fsp3) is 0.333. The normalized spacial score (nSPS) is 9.86. The van der Waals surface area contributed by atoms with Gasteiger partial charge in [0, 0.05) is 12.1 Å². The second-order valence-corrected chi connectivity index (χ2v) is 2.88. The highest BCUT2D eigenvalue weighted by molar-refractivity contribution is 5.88. The van der Waals surface area contributed by atoms with Crippen LogP contribution in [0.25, 0.3) is 0 Å². The van der Waals surface area contributed by atoms with E-state index in [0.29, 0.717) is 6.54 Å². The van der Waals surface area contributed by atoms with E-state index in [1.165, 1.54) is 17.7 Å². The van der Waals surface area contributed by atoms with Crippen molar-refractivity contribution in [2.24, 2.45) is 0 Å². The van der Waals surface area contributed by atoms with Crippen LogP contribution in [0, 0.1) is 0 Å². The number of aryl methyl sites for hydroxylation is 1. The standard InChI is InChI=1S/C9H12N2O3/c1-4-11-5-7(10-9(11)13)14-8(12)6(2)3/h5H,2,4H2,1,3H3,(H,10,13). The molecule has 1 N–H and O–H groups in total. The molecule has 0 bridgehead atoms. The molecule has 76 valence electrons. The van der Waals surface area contributed by atoms with Gasteiger partial charge >= 0.3 is 11.7 Å². The number of nitrogens with zero attached hydrogens (tertiary/aromatic N) is 1. The van der Waals surface area contributed by atoms with Crippen LogP contribution in [-0.4, -0.2) is 15.5 Å². The average molecular weight is 196 g/mol. The molecule has 1 aromatic rings. The molecule has 1 aromatic heterocycles. The Kier molecular flexibility index (Phi) is 2.91. The van der Waals surface area contributed by atoms with Crippen molar-refractivity contribution in [1.29, 1.82) is 0 Å². The smallest absolute Gasteiger partial charge is 0.339 e.